The Kier molecular flexibility index (Phi) is 4.05. The Hall–Kier alpha value is -3.34. The van der Waals surface area contributed by atoms with Crippen LogP contribution in [0.3, 0.4) is 0 Å². The predicted molar refractivity (Wildman–Crippen MR) is 100 cm³/mol. The summed E-state index contributed by atoms with van der Waals surface area (Å²) < 4.78 is 7.80. The number of imidazole rings is 1. The molecule has 1 atom stereocenters. The van der Waals surface area contributed by atoms with E-state index in [1.165, 1.54) is 0 Å². The minimum atomic E-state index is -0.164. The van der Waals surface area contributed by atoms with E-state index in [2.05, 4.69) is 4.98 Å². The van der Waals surface area contributed by atoms with Crippen LogP contribution >= 0.6 is 0 Å². The second-order valence-corrected chi connectivity index (χ2v) is 6.30. The smallest absolute Gasteiger partial charge is 0.254 e. The van der Waals surface area contributed by atoms with Gasteiger partial charge >= 0.3 is 0 Å². The summed E-state index contributed by atoms with van der Waals surface area (Å²) in [5.41, 5.74) is 2.44. The van der Waals surface area contributed by atoms with Crippen molar-refractivity contribution in [3.05, 3.63) is 84.6 Å². The molecule has 1 amide bonds. The molecule has 0 bridgehead atoms. The van der Waals surface area contributed by atoms with E-state index in [0.29, 0.717) is 5.56 Å². The van der Waals surface area contributed by atoms with E-state index < -0.39 is 0 Å². The van der Waals surface area contributed by atoms with E-state index in [4.69, 9.17) is 4.42 Å². The van der Waals surface area contributed by atoms with E-state index in [1.54, 1.807) is 24.5 Å². The molecular weight excluding hydrogens is 326 g/mol. The molecule has 4 aromatic rings. The average molecular weight is 345 g/mol. The molecule has 0 aliphatic rings. The van der Waals surface area contributed by atoms with Gasteiger partial charge in [-0.2, -0.15) is 0 Å². The number of carbonyl (C=O) groups excluding carboxylic acids is 1. The van der Waals surface area contributed by atoms with E-state index >= 15 is 0 Å². The number of rotatable bonds is 4. The number of hydrogen-bond acceptors (Lipinski definition) is 3. The van der Waals surface area contributed by atoms with Crippen LogP contribution in [0.5, 0.6) is 0 Å². The average Bonchev–Trinajstić information content (AvgIpc) is 3.36. The van der Waals surface area contributed by atoms with Crippen molar-refractivity contribution in [2.75, 3.05) is 7.05 Å². The van der Waals surface area contributed by atoms with Gasteiger partial charge < -0.3 is 13.9 Å². The van der Waals surface area contributed by atoms with Crippen LogP contribution in [-0.2, 0) is 0 Å². The number of benzene rings is 2. The predicted octanol–water partition coefficient (Wildman–Crippen LogP) is 4.45. The zero-order valence-electron chi connectivity index (χ0n) is 14.7. The molecule has 0 radical (unpaired) electrons. The number of fused-ring (bicyclic) bond motifs is 1. The molecule has 0 N–H and O–H groups in total. The third kappa shape index (κ3) is 2.88. The molecular formula is C21H19N3O2. The van der Waals surface area contributed by atoms with Crippen molar-refractivity contribution in [3.8, 4) is 5.69 Å². The first-order valence-electron chi connectivity index (χ1n) is 8.47. The number of hydrogen-bond donors (Lipinski definition) is 0. The van der Waals surface area contributed by atoms with Gasteiger partial charge in [0.1, 0.15) is 11.3 Å². The van der Waals surface area contributed by atoms with Gasteiger partial charge in [-0.05, 0) is 43.3 Å². The maximum atomic E-state index is 12.8. The van der Waals surface area contributed by atoms with Gasteiger partial charge in [0, 0.05) is 36.1 Å². The highest BCUT2D eigenvalue weighted by Crippen LogP contribution is 2.27. The summed E-state index contributed by atoms with van der Waals surface area (Å²) in [6, 6.07) is 17.2. The first-order chi connectivity index (χ1) is 12.6. The number of para-hydroxylation sites is 1. The van der Waals surface area contributed by atoms with Gasteiger partial charge in [0.25, 0.3) is 5.91 Å². The Morgan fingerprint density at radius 2 is 1.92 bits per heavy atom. The van der Waals surface area contributed by atoms with Gasteiger partial charge in [0.2, 0.25) is 0 Å². The van der Waals surface area contributed by atoms with Crippen LogP contribution in [0, 0.1) is 0 Å². The van der Waals surface area contributed by atoms with Crippen LogP contribution in [0.15, 0.2) is 77.7 Å². The fourth-order valence-electron chi connectivity index (χ4n) is 2.97. The Morgan fingerprint density at radius 1 is 1.15 bits per heavy atom. The molecule has 0 spiro atoms. The fraction of sp³-hybridized carbons (Fsp3) is 0.143. The first-order valence-corrected chi connectivity index (χ1v) is 8.47. The lowest BCUT2D eigenvalue weighted by molar-refractivity contribution is 0.0727. The Balaban J connectivity index is 1.55. The van der Waals surface area contributed by atoms with Gasteiger partial charge in [-0.3, -0.25) is 4.79 Å². The normalized spacial score (nSPS) is 12.2. The summed E-state index contributed by atoms with van der Waals surface area (Å²) in [6.07, 6.45) is 5.32. The Morgan fingerprint density at radius 3 is 2.62 bits per heavy atom. The lowest BCUT2D eigenvalue weighted by Gasteiger charge is -2.23. The molecule has 0 saturated heterocycles. The van der Waals surface area contributed by atoms with Crippen molar-refractivity contribution in [1.82, 2.24) is 14.5 Å². The number of furan rings is 1. The standard InChI is InChI=1S/C21H19N3O2/c1-15(20-13-17-5-3-4-6-19(17)26-20)23(2)21(25)16-7-9-18(10-8-16)24-12-11-22-14-24/h3-15H,1-2H3. The molecule has 0 aliphatic carbocycles. The van der Waals surface area contributed by atoms with Crippen LogP contribution < -0.4 is 0 Å². The van der Waals surface area contributed by atoms with Crippen molar-refractivity contribution >= 4 is 16.9 Å². The minimum Gasteiger partial charge on any atom is -0.459 e. The van der Waals surface area contributed by atoms with E-state index in [1.807, 2.05) is 72.3 Å². The molecule has 1 unspecified atom stereocenters. The molecule has 2 heterocycles. The maximum absolute atomic E-state index is 12.8. The summed E-state index contributed by atoms with van der Waals surface area (Å²) >= 11 is 0. The zero-order valence-corrected chi connectivity index (χ0v) is 14.7. The van der Waals surface area contributed by atoms with Crippen molar-refractivity contribution in [3.63, 3.8) is 0 Å². The molecule has 0 aliphatic heterocycles. The maximum Gasteiger partial charge on any atom is 0.254 e. The molecule has 26 heavy (non-hydrogen) atoms. The molecule has 130 valence electrons. The first kappa shape index (κ1) is 16.1. The molecule has 0 saturated carbocycles. The van der Waals surface area contributed by atoms with Crippen LogP contribution in [0.4, 0.5) is 0 Å². The minimum absolute atomic E-state index is 0.0462. The molecule has 4 rings (SSSR count). The van der Waals surface area contributed by atoms with Gasteiger partial charge in [-0.15, -0.1) is 0 Å². The number of nitrogens with zero attached hydrogens (tertiary/aromatic N) is 3. The lowest BCUT2D eigenvalue weighted by atomic mass is 10.1. The van der Waals surface area contributed by atoms with Gasteiger partial charge in [-0.1, -0.05) is 18.2 Å². The van der Waals surface area contributed by atoms with Crippen LogP contribution in [-0.4, -0.2) is 27.4 Å². The summed E-state index contributed by atoms with van der Waals surface area (Å²) in [7, 11) is 1.80. The van der Waals surface area contributed by atoms with E-state index in [9.17, 15) is 4.79 Å². The quantitative estimate of drug-likeness (QED) is 0.549. The molecule has 0 fully saturated rings. The summed E-state index contributed by atoms with van der Waals surface area (Å²) in [5, 5.41) is 1.04. The summed E-state index contributed by atoms with van der Waals surface area (Å²) in [4.78, 5) is 18.6. The van der Waals surface area contributed by atoms with Crippen LogP contribution in [0.2, 0.25) is 0 Å². The van der Waals surface area contributed by atoms with Crippen molar-refractivity contribution < 1.29 is 9.21 Å². The largest absolute Gasteiger partial charge is 0.459 e. The van der Waals surface area contributed by atoms with Crippen molar-refractivity contribution in [2.45, 2.75) is 13.0 Å². The molecule has 5 nitrogen and oxygen atoms in total. The topological polar surface area (TPSA) is 51.3 Å². The van der Waals surface area contributed by atoms with Gasteiger partial charge in [-0.25, -0.2) is 4.98 Å². The van der Waals surface area contributed by atoms with Crippen molar-refractivity contribution in [1.29, 1.82) is 0 Å². The van der Waals surface area contributed by atoms with Crippen LogP contribution in [0.25, 0.3) is 16.7 Å². The molecule has 2 aromatic heterocycles. The SMILES string of the molecule is CC(c1cc2ccccc2o1)N(C)C(=O)c1ccc(-n2ccnc2)cc1. The molecule has 2 aromatic carbocycles. The van der Waals surface area contributed by atoms with E-state index in [-0.39, 0.29) is 11.9 Å². The highest BCUT2D eigenvalue weighted by Gasteiger charge is 2.21. The summed E-state index contributed by atoms with van der Waals surface area (Å²) in [6.45, 7) is 1.97. The van der Waals surface area contributed by atoms with Crippen LogP contribution in [0.1, 0.15) is 29.1 Å². The van der Waals surface area contributed by atoms with E-state index in [0.717, 1.165) is 22.4 Å². The van der Waals surface area contributed by atoms with Gasteiger partial charge in [0.05, 0.1) is 12.4 Å². The molecule has 5 heteroatoms. The summed E-state index contributed by atoms with van der Waals surface area (Å²) in [5.74, 6) is 0.729. The highest BCUT2D eigenvalue weighted by atomic mass is 16.3. The number of amides is 1. The Labute approximate surface area is 151 Å². The monoisotopic (exact) mass is 345 g/mol. The third-order valence-electron chi connectivity index (χ3n) is 4.67. The van der Waals surface area contributed by atoms with Crippen molar-refractivity contribution in [2.24, 2.45) is 0 Å². The lowest BCUT2D eigenvalue weighted by Crippen LogP contribution is -2.29. The van der Waals surface area contributed by atoms with Gasteiger partial charge in [0.15, 0.2) is 0 Å². The second-order valence-electron chi connectivity index (χ2n) is 6.30. The Bertz CT molecular complexity index is 1000. The number of carbonyl (C=O) groups is 1. The highest BCUT2D eigenvalue weighted by molar-refractivity contribution is 5.94. The zero-order chi connectivity index (χ0) is 18.1. The second kappa shape index (κ2) is 6.52. The fourth-order valence-corrected chi connectivity index (χ4v) is 2.97. The number of aromatic nitrogens is 2. The third-order valence-corrected chi connectivity index (χ3v) is 4.67.